The van der Waals surface area contributed by atoms with E-state index in [0.717, 1.165) is 16.1 Å². The third-order valence-corrected chi connectivity index (χ3v) is 5.26. The summed E-state index contributed by atoms with van der Waals surface area (Å²) in [6.07, 6.45) is 1.05. The Labute approximate surface area is 157 Å². The van der Waals surface area contributed by atoms with Gasteiger partial charge in [-0.25, -0.2) is 8.42 Å². The zero-order valence-corrected chi connectivity index (χ0v) is 16.1. The molecule has 5 nitrogen and oxygen atoms in total. The largest absolute Gasteiger partial charge is 0.350 e. The molecule has 0 bridgehead atoms. The first-order valence-electron chi connectivity index (χ1n) is 7.45. The van der Waals surface area contributed by atoms with Crippen molar-refractivity contribution in [2.45, 2.75) is 19.5 Å². The number of nitrogens with one attached hydrogen (secondary N) is 1. The van der Waals surface area contributed by atoms with Gasteiger partial charge in [-0.05, 0) is 42.8 Å². The number of anilines is 1. The topological polar surface area (TPSA) is 66.5 Å². The predicted molar refractivity (Wildman–Crippen MR) is 102 cm³/mol. The molecule has 8 heteroatoms. The van der Waals surface area contributed by atoms with Gasteiger partial charge in [-0.3, -0.25) is 9.10 Å². The van der Waals surface area contributed by atoms with Gasteiger partial charge < -0.3 is 5.32 Å². The first-order chi connectivity index (χ1) is 11.7. The van der Waals surface area contributed by atoms with Gasteiger partial charge in [0.2, 0.25) is 15.9 Å². The Morgan fingerprint density at radius 1 is 1.12 bits per heavy atom. The van der Waals surface area contributed by atoms with Gasteiger partial charge in [0.25, 0.3) is 0 Å². The van der Waals surface area contributed by atoms with Gasteiger partial charge in [-0.2, -0.15) is 0 Å². The summed E-state index contributed by atoms with van der Waals surface area (Å²) in [5, 5.41) is 3.73. The van der Waals surface area contributed by atoms with E-state index in [2.05, 4.69) is 5.32 Å². The lowest BCUT2D eigenvalue weighted by molar-refractivity contribution is -0.122. The van der Waals surface area contributed by atoms with Crippen molar-refractivity contribution < 1.29 is 13.2 Å². The highest BCUT2D eigenvalue weighted by atomic mass is 35.5. The third kappa shape index (κ3) is 5.36. The molecule has 2 aromatic carbocycles. The molecule has 0 saturated heterocycles. The van der Waals surface area contributed by atoms with Crippen LogP contribution < -0.4 is 9.62 Å². The number of carbonyl (C=O) groups is 1. The summed E-state index contributed by atoms with van der Waals surface area (Å²) in [6.45, 7) is 1.80. The number of amides is 1. The molecule has 1 atom stereocenters. The zero-order valence-electron chi connectivity index (χ0n) is 13.7. The first-order valence-corrected chi connectivity index (χ1v) is 10.1. The normalized spacial score (nSPS) is 12.5. The van der Waals surface area contributed by atoms with E-state index in [4.69, 9.17) is 23.2 Å². The van der Waals surface area contributed by atoms with Crippen LogP contribution >= 0.6 is 23.2 Å². The fourth-order valence-corrected chi connectivity index (χ4v) is 3.84. The molecule has 0 fully saturated rings. The van der Waals surface area contributed by atoms with Crippen molar-refractivity contribution in [1.29, 1.82) is 0 Å². The Kier molecular flexibility index (Phi) is 6.32. The molecule has 0 aliphatic heterocycles. The van der Waals surface area contributed by atoms with Crippen LogP contribution in [0.4, 0.5) is 5.69 Å². The van der Waals surface area contributed by atoms with E-state index in [1.165, 1.54) is 13.0 Å². The summed E-state index contributed by atoms with van der Waals surface area (Å²) >= 11 is 11.8. The Morgan fingerprint density at radius 2 is 1.76 bits per heavy atom. The smallest absolute Gasteiger partial charge is 0.243 e. The number of benzene rings is 2. The van der Waals surface area contributed by atoms with E-state index in [1.807, 2.05) is 0 Å². The second-order valence-corrected chi connectivity index (χ2v) is 8.29. The van der Waals surface area contributed by atoms with E-state index in [-0.39, 0.29) is 6.54 Å². The third-order valence-electron chi connectivity index (χ3n) is 3.53. The minimum absolute atomic E-state index is 0.271. The molecule has 25 heavy (non-hydrogen) atoms. The highest BCUT2D eigenvalue weighted by molar-refractivity contribution is 7.92. The van der Waals surface area contributed by atoms with Crippen LogP contribution in [0, 0.1) is 0 Å². The Morgan fingerprint density at radius 3 is 2.32 bits per heavy atom. The lowest BCUT2D eigenvalue weighted by Crippen LogP contribution is -2.47. The van der Waals surface area contributed by atoms with Crippen LogP contribution in [0.15, 0.2) is 48.5 Å². The highest BCUT2D eigenvalue weighted by Gasteiger charge is 2.29. The minimum Gasteiger partial charge on any atom is -0.350 e. The second kappa shape index (κ2) is 8.08. The molecule has 2 aromatic rings. The van der Waals surface area contributed by atoms with Crippen LogP contribution in [0.2, 0.25) is 10.0 Å². The molecule has 134 valence electrons. The molecule has 0 aromatic heterocycles. The highest BCUT2D eigenvalue weighted by Crippen LogP contribution is 2.24. The van der Waals surface area contributed by atoms with E-state index < -0.39 is 22.0 Å². The molecule has 0 aliphatic carbocycles. The van der Waals surface area contributed by atoms with Crippen molar-refractivity contribution in [2.24, 2.45) is 0 Å². The Bertz CT molecular complexity index is 854. The summed E-state index contributed by atoms with van der Waals surface area (Å²) in [5.41, 5.74) is 1.20. The molecule has 1 amide bonds. The number of sulfonamides is 1. The van der Waals surface area contributed by atoms with Gasteiger partial charge in [0.1, 0.15) is 6.04 Å². The lowest BCUT2D eigenvalue weighted by atomic mass is 10.2. The van der Waals surface area contributed by atoms with E-state index in [1.54, 1.807) is 42.5 Å². The molecule has 0 saturated carbocycles. The molecule has 0 spiro atoms. The van der Waals surface area contributed by atoms with Crippen LogP contribution in [0.1, 0.15) is 12.5 Å². The minimum atomic E-state index is -3.67. The number of halogens is 2. The predicted octanol–water partition coefficient (Wildman–Crippen LogP) is 3.46. The SMILES string of the molecule is C[C@H](C(=O)NCc1ccc(Cl)cc1)N(c1cccc(Cl)c1)S(C)(=O)=O. The number of nitrogens with zero attached hydrogens (tertiary/aromatic N) is 1. The number of rotatable bonds is 6. The molecule has 2 rings (SSSR count). The number of hydrogen-bond donors (Lipinski definition) is 1. The van der Waals surface area contributed by atoms with Crippen LogP contribution in [0.25, 0.3) is 0 Å². The van der Waals surface area contributed by atoms with Crippen molar-refractivity contribution in [3.05, 3.63) is 64.1 Å². The fourth-order valence-electron chi connectivity index (χ4n) is 2.36. The van der Waals surface area contributed by atoms with E-state index >= 15 is 0 Å². The van der Waals surface area contributed by atoms with Crippen LogP contribution in [0.5, 0.6) is 0 Å². The molecule has 0 radical (unpaired) electrons. The van der Waals surface area contributed by atoms with Crippen molar-refractivity contribution in [3.8, 4) is 0 Å². The first kappa shape index (κ1) is 19.6. The van der Waals surface area contributed by atoms with Gasteiger partial charge in [0, 0.05) is 16.6 Å². The quantitative estimate of drug-likeness (QED) is 0.806. The molecule has 1 N–H and O–H groups in total. The number of hydrogen-bond acceptors (Lipinski definition) is 3. The molecule has 0 aliphatic rings. The maximum absolute atomic E-state index is 12.5. The second-order valence-electron chi connectivity index (χ2n) is 5.56. The lowest BCUT2D eigenvalue weighted by Gasteiger charge is -2.28. The summed E-state index contributed by atoms with van der Waals surface area (Å²) in [5.74, 6) is -0.416. The van der Waals surface area contributed by atoms with Gasteiger partial charge in [0.05, 0.1) is 11.9 Å². The van der Waals surface area contributed by atoms with Gasteiger partial charge in [0.15, 0.2) is 0 Å². The van der Waals surface area contributed by atoms with Crippen molar-refractivity contribution in [2.75, 3.05) is 10.6 Å². The molecule has 0 heterocycles. The Balaban J connectivity index is 2.17. The van der Waals surface area contributed by atoms with Gasteiger partial charge in [-0.1, -0.05) is 41.4 Å². The fraction of sp³-hybridized carbons (Fsp3) is 0.235. The average molecular weight is 401 g/mol. The summed E-state index contributed by atoms with van der Waals surface area (Å²) in [6, 6.07) is 12.5. The molecular formula is C17H18Cl2N2O3S. The van der Waals surface area contributed by atoms with Crippen LogP contribution in [-0.2, 0) is 21.4 Å². The van der Waals surface area contributed by atoms with Crippen molar-refractivity contribution in [3.63, 3.8) is 0 Å². The van der Waals surface area contributed by atoms with Gasteiger partial charge >= 0.3 is 0 Å². The zero-order chi connectivity index (χ0) is 18.6. The van der Waals surface area contributed by atoms with Crippen LogP contribution in [-0.4, -0.2) is 26.6 Å². The maximum atomic E-state index is 12.5. The average Bonchev–Trinajstić information content (AvgIpc) is 2.53. The monoisotopic (exact) mass is 400 g/mol. The number of carbonyl (C=O) groups excluding carboxylic acids is 1. The van der Waals surface area contributed by atoms with Crippen LogP contribution in [0.3, 0.4) is 0 Å². The Hall–Kier alpha value is -1.76. The molecule has 0 unspecified atom stereocenters. The van der Waals surface area contributed by atoms with Gasteiger partial charge in [-0.15, -0.1) is 0 Å². The summed E-state index contributed by atoms with van der Waals surface area (Å²) in [7, 11) is -3.67. The summed E-state index contributed by atoms with van der Waals surface area (Å²) < 4.78 is 25.4. The van der Waals surface area contributed by atoms with E-state index in [9.17, 15) is 13.2 Å². The maximum Gasteiger partial charge on any atom is 0.243 e. The van der Waals surface area contributed by atoms with Crippen molar-refractivity contribution >= 4 is 44.8 Å². The molecular weight excluding hydrogens is 383 g/mol. The standard InChI is InChI=1S/C17H18Cl2N2O3S/c1-12(17(22)20-11-13-6-8-14(18)9-7-13)21(25(2,23)24)16-5-3-4-15(19)10-16/h3-10,12H,11H2,1-2H3,(H,20,22)/t12-/m1/s1. The summed E-state index contributed by atoms with van der Waals surface area (Å²) in [4.78, 5) is 12.5. The van der Waals surface area contributed by atoms with Crippen molar-refractivity contribution in [1.82, 2.24) is 5.32 Å². The van der Waals surface area contributed by atoms with E-state index in [0.29, 0.717) is 15.7 Å².